The number of amides is 2. The van der Waals surface area contributed by atoms with Crippen LogP contribution in [0.5, 0.6) is 5.75 Å². The van der Waals surface area contributed by atoms with E-state index in [1.54, 1.807) is 56.5 Å². The molecule has 214 valence electrons. The van der Waals surface area contributed by atoms with Gasteiger partial charge in [0.2, 0.25) is 11.8 Å². The van der Waals surface area contributed by atoms with E-state index in [4.69, 9.17) is 27.9 Å². The zero-order valence-electron chi connectivity index (χ0n) is 23.0. The lowest BCUT2D eigenvalue weighted by atomic mass is 10.1. The number of hydrogen-bond acceptors (Lipinski definition) is 5. The first kappa shape index (κ1) is 31.3. The molecule has 0 aliphatic heterocycles. The Hall–Kier alpha value is -3.27. The normalized spacial score (nSPS) is 12.1. The summed E-state index contributed by atoms with van der Waals surface area (Å²) in [5, 5.41) is 2.94. The van der Waals surface area contributed by atoms with Gasteiger partial charge in [0, 0.05) is 12.6 Å². The second kappa shape index (κ2) is 13.4. The van der Waals surface area contributed by atoms with Crippen LogP contribution in [-0.4, -0.2) is 50.9 Å². The van der Waals surface area contributed by atoms with Crippen LogP contribution >= 0.6 is 23.2 Å². The van der Waals surface area contributed by atoms with Crippen LogP contribution in [-0.2, 0) is 26.2 Å². The van der Waals surface area contributed by atoms with Crippen LogP contribution in [0, 0.1) is 6.92 Å². The monoisotopic (exact) mass is 605 g/mol. The molecule has 8 nitrogen and oxygen atoms in total. The van der Waals surface area contributed by atoms with Crippen molar-refractivity contribution >= 4 is 50.7 Å². The second-order valence-electron chi connectivity index (χ2n) is 9.61. The van der Waals surface area contributed by atoms with Crippen molar-refractivity contribution in [3.8, 4) is 5.75 Å². The number of sulfonamides is 1. The smallest absolute Gasteiger partial charge is 0.264 e. The highest BCUT2D eigenvalue weighted by atomic mass is 35.5. The Morgan fingerprint density at radius 2 is 1.57 bits per heavy atom. The Kier molecular flexibility index (Phi) is 10.5. The van der Waals surface area contributed by atoms with Gasteiger partial charge < -0.3 is 15.0 Å². The minimum Gasteiger partial charge on any atom is -0.497 e. The molecule has 0 aliphatic rings. The van der Waals surface area contributed by atoms with Gasteiger partial charge in [0.05, 0.1) is 27.7 Å². The van der Waals surface area contributed by atoms with Gasteiger partial charge in [-0.3, -0.25) is 13.9 Å². The fourth-order valence-electron chi connectivity index (χ4n) is 3.95. The molecule has 0 unspecified atom stereocenters. The van der Waals surface area contributed by atoms with Crippen LogP contribution in [0.15, 0.2) is 71.6 Å². The lowest BCUT2D eigenvalue weighted by Gasteiger charge is -2.32. The van der Waals surface area contributed by atoms with Crippen molar-refractivity contribution in [1.82, 2.24) is 10.2 Å². The van der Waals surface area contributed by atoms with E-state index in [0.29, 0.717) is 5.75 Å². The van der Waals surface area contributed by atoms with Crippen LogP contribution < -0.4 is 14.4 Å². The summed E-state index contributed by atoms with van der Waals surface area (Å²) in [6.07, 6.45) is 0. The molecule has 0 spiro atoms. The Labute approximate surface area is 245 Å². The van der Waals surface area contributed by atoms with Crippen molar-refractivity contribution in [2.75, 3.05) is 18.0 Å². The molecular weight excluding hydrogens is 573 g/mol. The van der Waals surface area contributed by atoms with Gasteiger partial charge in [-0.1, -0.05) is 59.1 Å². The fraction of sp³-hybridized carbons (Fsp3) is 0.310. The maximum Gasteiger partial charge on any atom is 0.264 e. The second-order valence-corrected chi connectivity index (χ2v) is 12.3. The van der Waals surface area contributed by atoms with E-state index in [2.05, 4.69) is 5.32 Å². The third-order valence-corrected chi connectivity index (χ3v) is 8.78. The highest BCUT2D eigenvalue weighted by molar-refractivity contribution is 7.92. The Balaban J connectivity index is 2.06. The van der Waals surface area contributed by atoms with Gasteiger partial charge in [-0.25, -0.2) is 8.42 Å². The first-order valence-electron chi connectivity index (χ1n) is 12.6. The van der Waals surface area contributed by atoms with Crippen LogP contribution in [0.25, 0.3) is 0 Å². The highest BCUT2D eigenvalue weighted by Crippen LogP contribution is 2.35. The predicted molar refractivity (Wildman–Crippen MR) is 158 cm³/mol. The van der Waals surface area contributed by atoms with Gasteiger partial charge >= 0.3 is 0 Å². The molecule has 3 aromatic carbocycles. The lowest BCUT2D eigenvalue weighted by molar-refractivity contribution is -0.139. The minimum absolute atomic E-state index is 0.0139. The van der Waals surface area contributed by atoms with E-state index in [0.717, 1.165) is 15.4 Å². The van der Waals surface area contributed by atoms with Crippen molar-refractivity contribution < 1.29 is 22.7 Å². The predicted octanol–water partition coefficient (Wildman–Crippen LogP) is 5.45. The number of aryl methyl sites for hydroxylation is 1. The van der Waals surface area contributed by atoms with Crippen molar-refractivity contribution in [3.63, 3.8) is 0 Å². The molecule has 0 aromatic heterocycles. The van der Waals surface area contributed by atoms with Crippen molar-refractivity contribution in [3.05, 3.63) is 87.9 Å². The number of nitrogens with one attached hydrogen (secondary N) is 1. The van der Waals surface area contributed by atoms with Crippen LogP contribution in [0.4, 0.5) is 5.69 Å². The molecule has 0 saturated heterocycles. The summed E-state index contributed by atoms with van der Waals surface area (Å²) < 4.78 is 34.0. The van der Waals surface area contributed by atoms with E-state index < -0.39 is 28.5 Å². The molecular formula is C29H33Cl2N3O5S. The van der Waals surface area contributed by atoms with Crippen LogP contribution in [0.3, 0.4) is 0 Å². The molecule has 0 heterocycles. The summed E-state index contributed by atoms with van der Waals surface area (Å²) in [6.45, 7) is 6.51. The number of carbonyl (C=O) groups is 2. The topological polar surface area (TPSA) is 96.0 Å². The van der Waals surface area contributed by atoms with Crippen molar-refractivity contribution in [2.45, 2.75) is 51.2 Å². The number of rotatable bonds is 11. The molecule has 40 heavy (non-hydrogen) atoms. The Morgan fingerprint density at radius 1 is 0.950 bits per heavy atom. The van der Waals surface area contributed by atoms with Gasteiger partial charge in [-0.15, -0.1) is 0 Å². The third kappa shape index (κ3) is 7.47. The molecule has 2 amide bonds. The van der Waals surface area contributed by atoms with Gasteiger partial charge in [0.1, 0.15) is 18.3 Å². The Morgan fingerprint density at radius 3 is 2.15 bits per heavy atom. The van der Waals surface area contributed by atoms with E-state index in [1.165, 1.54) is 29.2 Å². The maximum atomic E-state index is 14.0. The lowest BCUT2D eigenvalue weighted by Crippen LogP contribution is -2.52. The molecule has 11 heteroatoms. The number of methoxy groups -OCH3 is 1. The number of ether oxygens (including phenoxy) is 1. The molecule has 1 N–H and O–H groups in total. The number of halogens is 2. The Bertz CT molecular complexity index is 1450. The number of benzene rings is 3. The molecule has 0 aliphatic carbocycles. The molecule has 0 radical (unpaired) electrons. The van der Waals surface area contributed by atoms with Gasteiger partial charge in [-0.05, 0) is 69.7 Å². The summed E-state index contributed by atoms with van der Waals surface area (Å²) in [5.41, 5.74) is 1.65. The van der Waals surface area contributed by atoms with E-state index in [1.807, 2.05) is 20.8 Å². The average Bonchev–Trinajstić information content (AvgIpc) is 2.91. The van der Waals surface area contributed by atoms with Gasteiger partial charge in [0.15, 0.2) is 0 Å². The van der Waals surface area contributed by atoms with E-state index in [9.17, 15) is 18.0 Å². The average molecular weight is 607 g/mol. The zero-order valence-corrected chi connectivity index (χ0v) is 25.3. The summed E-state index contributed by atoms with van der Waals surface area (Å²) in [4.78, 5) is 28.3. The molecule has 0 bridgehead atoms. The number of carbonyl (C=O) groups excluding carboxylic acids is 2. The standard InChI is InChI=1S/C29H33Cl2N3O5S/c1-19(2)32-29(36)21(4)33(17-22-11-13-23(39-5)14-12-22)27(35)18-34(26-8-6-7-25(30)28(26)31)40(37,38)24-15-9-20(3)10-16-24/h6-16,19,21H,17-18H2,1-5H3,(H,32,36)/t21-/m0/s1. The van der Waals surface area contributed by atoms with Crippen molar-refractivity contribution in [2.24, 2.45) is 0 Å². The van der Waals surface area contributed by atoms with Crippen molar-refractivity contribution in [1.29, 1.82) is 0 Å². The molecule has 3 aromatic rings. The minimum atomic E-state index is -4.26. The van der Waals surface area contributed by atoms with E-state index >= 15 is 0 Å². The summed E-state index contributed by atoms with van der Waals surface area (Å²) in [5.74, 6) is -0.335. The number of hydrogen-bond donors (Lipinski definition) is 1. The SMILES string of the molecule is COc1ccc(CN(C(=O)CN(c2cccc(Cl)c2Cl)S(=O)(=O)c2ccc(C)cc2)[C@@H](C)C(=O)NC(C)C)cc1. The molecule has 0 saturated carbocycles. The zero-order chi connectivity index (χ0) is 29.6. The molecule has 1 atom stereocenters. The largest absolute Gasteiger partial charge is 0.497 e. The van der Waals surface area contributed by atoms with Crippen LogP contribution in [0.1, 0.15) is 31.9 Å². The van der Waals surface area contributed by atoms with Gasteiger partial charge in [-0.2, -0.15) is 0 Å². The van der Waals surface area contributed by atoms with E-state index in [-0.39, 0.29) is 39.1 Å². The van der Waals surface area contributed by atoms with Gasteiger partial charge in [0.25, 0.3) is 10.0 Å². The first-order chi connectivity index (χ1) is 18.8. The molecule has 3 rings (SSSR count). The summed E-state index contributed by atoms with van der Waals surface area (Å²) in [6, 6.07) is 16.8. The number of anilines is 1. The third-order valence-electron chi connectivity index (χ3n) is 6.20. The molecule has 0 fully saturated rings. The van der Waals surface area contributed by atoms with Crippen LogP contribution in [0.2, 0.25) is 10.0 Å². The first-order valence-corrected chi connectivity index (χ1v) is 14.8. The quantitative estimate of drug-likeness (QED) is 0.313. The summed E-state index contributed by atoms with van der Waals surface area (Å²) >= 11 is 12.7. The number of nitrogens with zero attached hydrogens (tertiary/aromatic N) is 2. The maximum absolute atomic E-state index is 14.0. The summed E-state index contributed by atoms with van der Waals surface area (Å²) in [7, 11) is -2.71. The fourth-order valence-corrected chi connectivity index (χ4v) is 5.82. The highest BCUT2D eigenvalue weighted by Gasteiger charge is 2.33.